The standard InChI is InChI=1S/C10H13ClN2O4.ClH/c11-5-6-3-7(13(16)17)4-8(10(6)15)9(12)1-2-14;/h3-4,9,14-15H,1-2,5,12H2;1H. The van der Waals surface area contributed by atoms with Crippen molar-refractivity contribution in [2.75, 3.05) is 6.61 Å². The number of aliphatic hydroxyl groups excluding tert-OH is 1. The minimum atomic E-state index is -0.665. The summed E-state index contributed by atoms with van der Waals surface area (Å²) in [5, 5.41) is 29.3. The summed E-state index contributed by atoms with van der Waals surface area (Å²) in [5.41, 5.74) is 6.01. The van der Waals surface area contributed by atoms with E-state index in [1.54, 1.807) is 0 Å². The summed E-state index contributed by atoms with van der Waals surface area (Å²) in [6, 6.07) is 1.74. The van der Waals surface area contributed by atoms with Crippen LogP contribution in [0.15, 0.2) is 12.1 Å². The van der Waals surface area contributed by atoms with Gasteiger partial charge in [0, 0.05) is 35.9 Å². The molecule has 0 amide bonds. The normalized spacial score (nSPS) is 11.7. The average Bonchev–Trinajstić information content (AvgIpc) is 2.29. The number of nitro groups is 1. The molecule has 0 spiro atoms. The Balaban J connectivity index is 0.00000289. The molecule has 1 unspecified atom stereocenters. The first-order chi connectivity index (χ1) is 8.01. The molecule has 0 fully saturated rings. The SMILES string of the molecule is Cl.NC(CCO)c1cc([N+](=O)[O-])cc(CCl)c1O. The number of hydrogen-bond donors (Lipinski definition) is 3. The first-order valence-electron chi connectivity index (χ1n) is 4.93. The third-order valence-electron chi connectivity index (χ3n) is 2.40. The summed E-state index contributed by atoms with van der Waals surface area (Å²) in [6.07, 6.45) is 0.205. The van der Waals surface area contributed by atoms with Gasteiger partial charge in [-0.2, -0.15) is 0 Å². The third-order valence-corrected chi connectivity index (χ3v) is 2.69. The zero-order valence-corrected chi connectivity index (χ0v) is 10.9. The number of aliphatic hydroxyl groups is 1. The lowest BCUT2D eigenvalue weighted by Gasteiger charge is -2.14. The maximum atomic E-state index is 10.7. The number of rotatable bonds is 5. The Hall–Kier alpha value is -1.08. The van der Waals surface area contributed by atoms with Crippen LogP contribution in [0, 0.1) is 10.1 Å². The summed E-state index contributed by atoms with van der Waals surface area (Å²) in [7, 11) is 0. The molecule has 0 saturated carbocycles. The van der Waals surface area contributed by atoms with Gasteiger partial charge >= 0.3 is 0 Å². The quantitative estimate of drug-likeness (QED) is 0.436. The van der Waals surface area contributed by atoms with Crippen LogP contribution in [0.4, 0.5) is 5.69 Å². The van der Waals surface area contributed by atoms with Gasteiger partial charge in [-0.15, -0.1) is 24.0 Å². The van der Waals surface area contributed by atoms with Gasteiger partial charge < -0.3 is 15.9 Å². The molecule has 18 heavy (non-hydrogen) atoms. The summed E-state index contributed by atoms with van der Waals surface area (Å²) < 4.78 is 0. The topological polar surface area (TPSA) is 110 Å². The molecule has 0 saturated heterocycles. The highest BCUT2D eigenvalue weighted by Gasteiger charge is 2.19. The average molecular weight is 297 g/mol. The Labute approximate surface area is 115 Å². The van der Waals surface area contributed by atoms with Crippen LogP contribution in [-0.4, -0.2) is 21.7 Å². The van der Waals surface area contributed by atoms with Gasteiger partial charge in [-0.25, -0.2) is 0 Å². The van der Waals surface area contributed by atoms with Gasteiger partial charge in [0.15, 0.2) is 0 Å². The minimum absolute atomic E-state index is 0. The van der Waals surface area contributed by atoms with E-state index in [-0.39, 0.29) is 53.9 Å². The zero-order valence-electron chi connectivity index (χ0n) is 9.38. The van der Waals surface area contributed by atoms with Crippen molar-refractivity contribution in [3.05, 3.63) is 33.4 Å². The molecule has 6 nitrogen and oxygen atoms in total. The predicted octanol–water partition coefficient (Wildman–Crippen LogP) is 1.84. The monoisotopic (exact) mass is 296 g/mol. The number of phenolic OH excluding ortho intramolecular Hbond substituents is 1. The highest BCUT2D eigenvalue weighted by atomic mass is 35.5. The maximum Gasteiger partial charge on any atom is 0.270 e. The molecule has 1 aromatic rings. The lowest BCUT2D eigenvalue weighted by Crippen LogP contribution is -2.13. The lowest BCUT2D eigenvalue weighted by atomic mass is 10.00. The third kappa shape index (κ3) is 3.71. The van der Waals surface area contributed by atoms with E-state index in [2.05, 4.69) is 0 Å². The van der Waals surface area contributed by atoms with Crippen LogP contribution in [0.1, 0.15) is 23.6 Å². The van der Waals surface area contributed by atoms with Crippen LogP contribution in [0.25, 0.3) is 0 Å². The van der Waals surface area contributed by atoms with Crippen molar-refractivity contribution in [2.24, 2.45) is 5.73 Å². The fourth-order valence-electron chi connectivity index (χ4n) is 1.49. The van der Waals surface area contributed by atoms with Crippen molar-refractivity contribution >= 4 is 29.7 Å². The molecule has 0 aromatic heterocycles. The van der Waals surface area contributed by atoms with Gasteiger partial charge in [0.1, 0.15) is 5.75 Å². The van der Waals surface area contributed by atoms with Crippen molar-refractivity contribution in [1.29, 1.82) is 0 Å². The van der Waals surface area contributed by atoms with Crippen LogP contribution in [0.3, 0.4) is 0 Å². The number of aromatic hydroxyl groups is 1. The van der Waals surface area contributed by atoms with E-state index in [1.807, 2.05) is 0 Å². The summed E-state index contributed by atoms with van der Waals surface area (Å²) in [4.78, 5) is 10.1. The Morgan fingerprint density at radius 1 is 1.50 bits per heavy atom. The lowest BCUT2D eigenvalue weighted by molar-refractivity contribution is -0.385. The molecule has 102 valence electrons. The Morgan fingerprint density at radius 2 is 2.11 bits per heavy atom. The van der Waals surface area contributed by atoms with Gasteiger partial charge in [0.05, 0.1) is 10.8 Å². The van der Waals surface area contributed by atoms with Gasteiger partial charge in [-0.1, -0.05) is 0 Å². The largest absolute Gasteiger partial charge is 0.507 e. The molecule has 0 radical (unpaired) electrons. The number of halogens is 2. The number of non-ortho nitro benzene ring substituents is 1. The van der Waals surface area contributed by atoms with E-state index in [0.29, 0.717) is 0 Å². The second-order valence-corrected chi connectivity index (χ2v) is 3.82. The number of nitrogens with zero attached hydrogens (tertiary/aromatic N) is 1. The number of alkyl halides is 1. The van der Waals surface area contributed by atoms with Crippen molar-refractivity contribution in [1.82, 2.24) is 0 Å². The fraction of sp³-hybridized carbons (Fsp3) is 0.400. The van der Waals surface area contributed by atoms with E-state index in [0.717, 1.165) is 0 Å². The van der Waals surface area contributed by atoms with E-state index in [4.69, 9.17) is 22.4 Å². The van der Waals surface area contributed by atoms with Crippen LogP contribution in [0.2, 0.25) is 0 Å². The van der Waals surface area contributed by atoms with Crippen molar-refractivity contribution in [3.8, 4) is 5.75 Å². The van der Waals surface area contributed by atoms with Gasteiger partial charge in [-0.05, 0) is 6.42 Å². The Kier molecular flexibility index (Phi) is 6.93. The van der Waals surface area contributed by atoms with E-state index >= 15 is 0 Å². The number of phenols is 1. The molecule has 8 heteroatoms. The summed E-state index contributed by atoms with van der Waals surface area (Å²) in [5.74, 6) is -0.196. The highest BCUT2D eigenvalue weighted by Crippen LogP contribution is 2.33. The maximum absolute atomic E-state index is 10.7. The smallest absolute Gasteiger partial charge is 0.270 e. The van der Waals surface area contributed by atoms with Crippen LogP contribution in [-0.2, 0) is 5.88 Å². The summed E-state index contributed by atoms with van der Waals surface area (Å²) in [6.45, 7) is -0.167. The van der Waals surface area contributed by atoms with Crippen LogP contribution < -0.4 is 5.73 Å². The van der Waals surface area contributed by atoms with Crippen molar-refractivity contribution in [2.45, 2.75) is 18.3 Å². The number of nitrogens with two attached hydrogens (primary N) is 1. The molecular formula is C10H14Cl2N2O4. The zero-order chi connectivity index (χ0) is 13.0. The molecule has 4 N–H and O–H groups in total. The van der Waals surface area contributed by atoms with Crippen molar-refractivity contribution < 1.29 is 15.1 Å². The number of nitro benzene ring substituents is 1. The molecule has 0 bridgehead atoms. The predicted molar refractivity (Wildman–Crippen MR) is 70.2 cm³/mol. The first-order valence-corrected chi connectivity index (χ1v) is 5.47. The van der Waals surface area contributed by atoms with E-state index in [9.17, 15) is 15.2 Å². The highest BCUT2D eigenvalue weighted by molar-refractivity contribution is 6.17. The molecular weight excluding hydrogens is 283 g/mol. The Morgan fingerprint density at radius 3 is 2.56 bits per heavy atom. The molecule has 1 aromatic carbocycles. The van der Waals surface area contributed by atoms with Gasteiger partial charge in [-0.3, -0.25) is 10.1 Å². The molecule has 0 aliphatic rings. The Bertz CT molecular complexity index is 429. The molecule has 0 heterocycles. The van der Waals surface area contributed by atoms with Gasteiger partial charge in [0.2, 0.25) is 0 Å². The number of benzene rings is 1. The second kappa shape index (κ2) is 7.38. The molecule has 1 rings (SSSR count). The van der Waals surface area contributed by atoms with Crippen molar-refractivity contribution in [3.63, 3.8) is 0 Å². The molecule has 0 aliphatic carbocycles. The van der Waals surface area contributed by atoms with Crippen LogP contribution >= 0.6 is 24.0 Å². The van der Waals surface area contributed by atoms with E-state index < -0.39 is 11.0 Å². The minimum Gasteiger partial charge on any atom is -0.507 e. The van der Waals surface area contributed by atoms with Crippen LogP contribution in [0.5, 0.6) is 5.75 Å². The first kappa shape index (κ1) is 16.9. The van der Waals surface area contributed by atoms with E-state index in [1.165, 1.54) is 12.1 Å². The molecule has 0 aliphatic heterocycles. The second-order valence-electron chi connectivity index (χ2n) is 3.55. The fourth-order valence-corrected chi connectivity index (χ4v) is 1.69. The number of hydrogen-bond acceptors (Lipinski definition) is 5. The summed E-state index contributed by atoms with van der Waals surface area (Å²) >= 11 is 5.59. The van der Waals surface area contributed by atoms with Gasteiger partial charge in [0.25, 0.3) is 5.69 Å². The molecule has 1 atom stereocenters.